The van der Waals surface area contributed by atoms with Crippen LogP contribution in [-0.4, -0.2) is 50.5 Å². The molecule has 1 aromatic carbocycles. The quantitative estimate of drug-likeness (QED) is 0.438. The van der Waals surface area contributed by atoms with E-state index in [2.05, 4.69) is 20.5 Å². The second-order valence-electron chi connectivity index (χ2n) is 6.11. The number of nitrogens with one attached hydrogen (secondary N) is 2. The molecule has 0 spiro atoms. The number of nitrogen functional groups attached to an aromatic ring is 1. The smallest absolute Gasteiger partial charge is 0.210 e. The lowest BCUT2D eigenvalue weighted by Gasteiger charge is -2.32. The van der Waals surface area contributed by atoms with E-state index in [9.17, 15) is 0 Å². The molecule has 6 N–H and O–H groups in total. The van der Waals surface area contributed by atoms with Crippen LogP contribution < -0.4 is 22.1 Å². The number of nitrogens with two attached hydrogens (primary N) is 2. The molecule has 1 atom stereocenters. The molecule has 0 aromatic heterocycles. The van der Waals surface area contributed by atoms with E-state index in [1.54, 1.807) is 6.21 Å². The first-order valence-corrected chi connectivity index (χ1v) is 8.38. The summed E-state index contributed by atoms with van der Waals surface area (Å²) in [6.07, 6.45) is 4.68. The van der Waals surface area contributed by atoms with Crippen LogP contribution in [0.2, 0.25) is 0 Å². The molecule has 2 heterocycles. The molecule has 1 saturated heterocycles. The molecule has 0 aliphatic carbocycles. The molecule has 0 saturated carbocycles. The van der Waals surface area contributed by atoms with E-state index in [-0.39, 0.29) is 0 Å². The van der Waals surface area contributed by atoms with Crippen LogP contribution >= 0.6 is 0 Å². The number of nitrogens with zero attached hydrogens (tertiary/aromatic N) is 2. The highest BCUT2D eigenvalue weighted by Gasteiger charge is 2.28. The molecule has 0 amide bonds. The van der Waals surface area contributed by atoms with Gasteiger partial charge >= 0.3 is 0 Å². The first kappa shape index (κ1) is 16.8. The highest BCUT2D eigenvalue weighted by Crippen LogP contribution is 2.21. The number of allylic oxidation sites excluding steroid dienone is 1. The maximum Gasteiger partial charge on any atom is 0.210 e. The molecule has 3 rings (SSSR count). The van der Waals surface area contributed by atoms with Gasteiger partial charge in [0.1, 0.15) is 5.82 Å². The van der Waals surface area contributed by atoms with Crippen molar-refractivity contribution in [1.29, 1.82) is 0 Å². The lowest BCUT2D eigenvalue weighted by Crippen LogP contribution is -2.52. The zero-order valence-electron chi connectivity index (χ0n) is 13.9. The molecule has 130 valence electrons. The molecule has 7 heteroatoms. The van der Waals surface area contributed by atoms with Crippen LogP contribution in [0.5, 0.6) is 0 Å². The zero-order chi connectivity index (χ0) is 16.8. The Morgan fingerprint density at radius 1 is 1.33 bits per heavy atom. The molecule has 1 fully saturated rings. The van der Waals surface area contributed by atoms with Crippen molar-refractivity contribution in [2.24, 2.45) is 10.7 Å². The summed E-state index contributed by atoms with van der Waals surface area (Å²) in [6.45, 7) is 5.67. The van der Waals surface area contributed by atoms with Crippen molar-refractivity contribution in [2.75, 3.05) is 45.1 Å². The van der Waals surface area contributed by atoms with Crippen molar-refractivity contribution in [3.63, 3.8) is 0 Å². The van der Waals surface area contributed by atoms with Gasteiger partial charge in [-0.3, -0.25) is 10.6 Å². The van der Waals surface area contributed by atoms with Crippen molar-refractivity contribution in [1.82, 2.24) is 15.5 Å². The minimum atomic E-state index is -0.989. The Balaban J connectivity index is 1.48. The standard InChI is InChI=1S/C17H26N6O/c18-15-4-1-3-14(13-15)17(19)21-7-5-16(22-17)20-6-2-8-23-9-11-24-12-10-23/h1,3-5,7,13,20,22H,2,6,8-12,18-19H2. The molecule has 1 aromatic rings. The van der Waals surface area contributed by atoms with Crippen LogP contribution in [0.1, 0.15) is 12.0 Å². The van der Waals surface area contributed by atoms with Gasteiger partial charge in [0.05, 0.1) is 13.2 Å². The van der Waals surface area contributed by atoms with Crippen molar-refractivity contribution in [3.05, 3.63) is 41.7 Å². The van der Waals surface area contributed by atoms with Gasteiger partial charge in [0, 0.05) is 37.1 Å². The minimum absolute atomic E-state index is 0.670. The Morgan fingerprint density at radius 2 is 2.17 bits per heavy atom. The first-order chi connectivity index (χ1) is 11.7. The Bertz CT molecular complexity index is 611. The highest BCUT2D eigenvalue weighted by atomic mass is 16.5. The molecule has 1 unspecified atom stereocenters. The average Bonchev–Trinajstić information content (AvgIpc) is 2.60. The number of anilines is 1. The lowest BCUT2D eigenvalue weighted by molar-refractivity contribution is 0.0375. The Morgan fingerprint density at radius 3 is 2.96 bits per heavy atom. The number of ether oxygens (including phenoxy) is 1. The summed E-state index contributed by atoms with van der Waals surface area (Å²) in [4.78, 5) is 6.80. The van der Waals surface area contributed by atoms with Crippen molar-refractivity contribution >= 4 is 11.9 Å². The number of morpholine rings is 1. The van der Waals surface area contributed by atoms with E-state index in [0.717, 1.165) is 57.2 Å². The fourth-order valence-corrected chi connectivity index (χ4v) is 2.88. The normalized spacial score (nSPS) is 24.3. The monoisotopic (exact) mass is 330 g/mol. The average molecular weight is 330 g/mol. The predicted molar refractivity (Wildman–Crippen MR) is 96.3 cm³/mol. The van der Waals surface area contributed by atoms with E-state index in [1.807, 2.05) is 30.3 Å². The van der Waals surface area contributed by atoms with E-state index in [1.165, 1.54) is 0 Å². The molecule has 0 bridgehead atoms. The number of aliphatic imine (C=N–C) groups is 1. The van der Waals surface area contributed by atoms with Crippen LogP contribution in [0.15, 0.2) is 41.2 Å². The van der Waals surface area contributed by atoms with Gasteiger partial charge < -0.3 is 21.1 Å². The van der Waals surface area contributed by atoms with Gasteiger partial charge in [-0.15, -0.1) is 0 Å². The van der Waals surface area contributed by atoms with Crippen molar-refractivity contribution < 1.29 is 4.74 Å². The SMILES string of the molecule is Nc1cccc(C2(N)N=CC=C(NCCCN3CCOCC3)N2)c1. The van der Waals surface area contributed by atoms with Crippen LogP contribution in [0, 0.1) is 0 Å². The second-order valence-corrected chi connectivity index (χ2v) is 6.11. The summed E-state index contributed by atoms with van der Waals surface area (Å²) in [5.74, 6) is -0.117. The minimum Gasteiger partial charge on any atom is -0.399 e. The second kappa shape index (κ2) is 7.65. The Kier molecular flexibility index (Phi) is 5.34. The van der Waals surface area contributed by atoms with Gasteiger partial charge in [0.2, 0.25) is 5.79 Å². The number of hydrogen-bond donors (Lipinski definition) is 4. The molecule has 2 aliphatic rings. The maximum absolute atomic E-state index is 6.39. The number of rotatable bonds is 6. The van der Waals surface area contributed by atoms with E-state index < -0.39 is 5.79 Å². The molecule has 24 heavy (non-hydrogen) atoms. The van der Waals surface area contributed by atoms with Crippen molar-refractivity contribution in [2.45, 2.75) is 12.2 Å². The van der Waals surface area contributed by atoms with Crippen LogP contribution in [0.25, 0.3) is 0 Å². The molecular weight excluding hydrogens is 304 g/mol. The van der Waals surface area contributed by atoms with E-state index >= 15 is 0 Å². The number of benzene rings is 1. The van der Waals surface area contributed by atoms with Gasteiger partial charge in [-0.1, -0.05) is 12.1 Å². The summed E-state index contributed by atoms with van der Waals surface area (Å²) in [7, 11) is 0. The third-order valence-electron chi connectivity index (χ3n) is 4.24. The molecule has 2 aliphatic heterocycles. The Hall–Kier alpha value is -2.09. The zero-order valence-corrected chi connectivity index (χ0v) is 13.9. The van der Waals surface area contributed by atoms with Gasteiger partial charge in [0.15, 0.2) is 0 Å². The van der Waals surface area contributed by atoms with Crippen molar-refractivity contribution in [3.8, 4) is 0 Å². The summed E-state index contributed by atoms with van der Waals surface area (Å²) < 4.78 is 5.36. The summed E-state index contributed by atoms with van der Waals surface area (Å²) in [5, 5.41) is 6.64. The van der Waals surface area contributed by atoms with Gasteiger partial charge in [-0.25, -0.2) is 4.99 Å². The fourth-order valence-electron chi connectivity index (χ4n) is 2.88. The lowest BCUT2D eigenvalue weighted by atomic mass is 10.1. The third kappa shape index (κ3) is 4.25. The third-order valence-corrected chi connectivity index (χ3v) is 4.24. The molecular formula is C17H26N6O. The van der Waals surface area contributed by atoms with Crippen LogP contribution in [0.4, 0.5) is 5.69 Å². The summed E-state index contributed by atoms with van der Waals surface area (Å²) in [6, 6.07) is 7.47. The molecule has 0 radical (unpaired) electrons. The van der Waals surface area contributed by atoms with Crippen LogP contribution in [-0.2, 0) is 10.5 Å². The summed E-state index contributed by atoms with van der Waals surface area (Å²) >= 11 is 0. The topological polar surface area (TPSA) is 101 Å². The summed E-state index contributed by atoms with van der Waals surface area (Å²) in [5.41, 5.74) is 13.7. The highest BCUT2D eigenvalue weighted by molar-refractivity contribution is 5.73. The fraction of sp³-hybridized carbons (Fsp3) is 0.471. The predicted octanol–water partition coefficient (Wildman–Crippen LogP) is 0.165. The molecule has 7 nitrogen and oxygen atoms in total. The van der Waals surface area contributed by atoms with Gasteiger partial charge in [-0.2, -0.15) is 0 Å². The van der Waals surface area contributed by atoms with E-state index in [4.69, 9.17) is 16.2 Å². The van der Waals surface area contributed by atoms with E-state index in [0.29, 0.717) is 5.69 Å². The van der Waals surface area contributed by atoms with Gasteiger partial charge in [0.25, 0.3) is 0 Å². The Labute approximate surface area is 142 Å². The maximum atomic E-state index is 6.39. The van der Waals surface area contributed by atoms with Crippen LogP contribution in [0.3, 0.4) is 0 Å². The first-order valence-electron chi connectivity index (χ1n) is 8.38. The van der Waals surface area contributed by atoms with Gasteiger partial charge in [-0.05, 0) is 31.2 Å². The number of hydrogen-bond acceptors (Lipinski definition) is 7. The largest absolute Gasteiger partial charge is 0.399 e.